The first-order valence-electron chi connectivity index (χ1n) is 6.70. The average molecular weight is 302 g/mol. The van der Waals surface area contributed by atoms with Gasteiger partial charge in [0.2, 0.25) is 0 Å². The van der Waals surface area contributed by atoms with E-state index in [-0.39, 0.29) is 0 Å². The van der Waals surface area contributed by atoms with E-state index in [0.29, 0.717) is 5.92 Å². The Morgan fingerprint density at radius 2 is 1.85 bits per heavy atom. The van der Waals surface area contributed by atoms with Crippen molar-refractivity contribution in [1.29, 1.82) is 0 Å². The highest BCUT2D eigenvalue weighted by Gasteiger charge is 2.10. The number of thiocarbonyl (C=S) groups is 1. The zero-order chi connectivity index (χ0) is 14.5. The maximum Gasteiger partial charge on any atom is 0.181 e. The summed E-state index contributed by atoms with van der Waals surface area (Å²) in [6.07, 6.45) is 0. The van der Waals surface area contributed by atoms with Crippen LogP contribution >= 0.6 is 12.2 Å². The number of hydrogen-bond acceptors (Lipinski definition) is 2. The van der Waals surface area contributed by atoms with Crippen molar-refractivity contribution >= 4 is 35.2 Å². The van der Waals surface area contributed by atoms with Gasteiger partial charge in [-0.25, -0.2) is 4.72 Å². The van der Waals surface area contributed by atoms with Gasteiger partial charge in [-0.15, -0.1) is 0 Å². The first-order valence-corrected chi connectivity index (χ1v) is 8.06. The van der Waals surface area contributed by atoms with Crippen LogP contribution in [0, 0.1) is 13.8 Å². The summed E-state index contributed by atoms with van der Waals surface area (Å²) in [5, 5.41) is 1.81. The third-order valence-electron chi connectivity index (χ3n) is 3.39. The topological polar surface area (TPSA) is 12.0 Å². The molecule has 1 unspecified atom stereocenters. The summed E-state index contributed by atoms with van der Waals surface area (Å²) in [4.78, 5) is 1.31. The van der Waals surface area contributed by atoms with E-state index < -0.39 is 0 Å². The van der Waals surface area contributed by atoms with Gasteiger partial charge in [0.1, 0.15) is 11.9 Å². The van der Waals surface area contributed by atoms with Crippen molar-refractivity contribution in [2.45, 2.75) is 31.6 Å². The molecule has 0 aliphatic carbocycles. The number of rotatable bonds is 5. The summed E-state index contributed by atoms with van der Waals surface area (Å²) in [5.74, 6) is 0.326. The van der Waals surface area contributed by atoms with Gasteiger partial charge < -0.3 is 0 Å². The highest BCUT2D eigenvalue weighted by atomic mass is 32.2. The minimum Gasteiger partial charge on any atom is -0.204 e. The Kier molecular flexibility index (Phi) is 5.21. The Morgan fingerprint density at radius 1 is 1.10 bits per heavy atom. The number of benzene rings is 2. The zero-order valence-electron chi connectivity index (χ0n) is 12.1. The minimum absolute atomic E-state index is 0.326. The van der Waals surface area contributed by atoms with Crippen LogP contribution < -0.4 is 4.72 Å². The van der Waals surface area contributed by atoms with E-state index in [4.69, 9.17) is 12.2 Å². The molecule has 2 aromatic carbocycles. The predicted octanol–water partition coefficient (Wildman–Crippen LogP) is 4.61. The van der Waals surface area contributed by atoms with Crippen molar-refractivity contribution in [2.24, 2.45) is 0 Å². The molecule has 0 bridgehead atoms. The number of anilines is 1. The largest absolute Gasteiger partial charge is 0.204 e. The molecule has 1 N–H and O–H groups in total. The molecule has 2 rings (SSSR count). The lowest BCUT2D eigenvalue weighted by Crippen LogP contribution is -2.02. The Bertz CT molecular complexity index is 608. The number of hydrogen-bond donors (Lipinski definition) is 1. The maximum absolute atomic E-state index is 5.02. The molecule has 0 fully saturated rings. The predicted molar refractivity (Wildman–Crippen MR) is 95.1 cm³/mol. The van der Waals surface area contributed by atoms with Crippen LogP contribution in [0.3, 0.4) is 0 Å². The fourth-order valence-corrected chi connectivity index (χ4v) is 3.04. The average Bonchev–Trinajstić information content (AvgIpc) is 2.46. The van der Waals surface area contributed by atoms with Crippen LogP contribution in [0.2, 0.25) is 0 Å². The van der Waals surface area contributed by atoms with Crippen LogP contribution in [0.15, 0.2) is 47.4 Å². The van der Waals surface area contributed by atoms with Gasteiger partial charge in [0.25, 0.3) is 0 Å². The fraction of sp³-hybridized carbons (Fsp3) is 0.235. The summed E-state index contributed by atoms with van der Waals surface area (Å²) in [5.41, 5.74) is 5.02. The van der Waals surface area contributed by atoms with E-state index in [1.165, 1.54) is 27.3 Å². The number of nitrogens with one attached hydrogen (secondary N) is 1. The molecule has 2 aromatic rings. The first-order chi connectivity index (χ1) is 9.61. The van der Waals surface area contributed by atoms with E-state index in [1.807, 2.05) is 5.37 Å². The van der Waals surface area contributed by atoms with Gasteiger partial charge in [-0.1, -0.05) is 49.5 Å². The van der Waals surface area contributed by atoms with Crippen molar-refractivity contribution in [1.82, 2.24) is 0 Å². The molecule has 0 saturated carbocycles. The smallest absolute Gasteiger partial charge is 0.181 e. The molecule has 0 heterocycles. The molecule has 104 valence electrons. The van der Waals surface area contributed by atoms with Crippen LogP contribution in [0.4, 0.5) is 5.69 Å². The van der Waals surface area contributed by atoms with E-state index >= 15 is 0 Å². The summed E-state index contributed by atoms with van der Waals surface area (Å²) >= 11 is 6.14. The van der Waals surface area contributed by atoms with Crippen LogP contribution in [-0.2, 0) is 11.9 Å². The van der Waals surface area contributed by atoms with Crippen molar-refractivity contribution in [3.05, 3.63) is 59.2 Å². The molecule has 1 nitrogen and oxygen atoms in total. The second-order valence-electron chi connectivity index (χ2n) is 5.01. The standard InChI is InChI=1S/C17H19NS2/c1-12-6-4-5-7-17(12)20-18-16-9-8-15(10-13(16)2)14(3)11-19/h4-11,14,18H,1-3H3/p+1. The van der Waals surface area contributed by atoms with Crippen LogP contribution in [-0.4, -0.2) is 5.37 Å². The van der Waals surface area contributed by atoms with E-state index in [1.54, 1.807) is 0 Å². The second-order valence-corrected chi connectivity index (χ2v) is 6.21. The molecule has 3 heteroatoms. The van der Waals surface area contributed by atoms with Crippen LogP contribution in [0.1, 0.15) is 29.5 Å². The molecule has 0 radical (unpaired) electrons. The normalized spacial score (nSPS) is 11.9. The van der Waals surface area contributed by atoms with Crippen molar-refractivity contribution in [3.8, 4) is 0 Å². The molecule has 0 saturated heterocycles. The Hall–Kier alpha value is -1.32. The lowest BCUT2D eigenvalue weighted by Gasteiger charge is -2.09. The molecule has 0 amide bonds. The first kappa shape index (κ1) is 15.1. The quantitative estimate of drug-likeness (QED) is 0.492. The molecule has 0 aliphatic heterocycles. The van der Waals surface area contributed by atoms with Crippen LogP contribution in [0.5, 0.6) is 0 Å². The summed E-state index contributed by atoms with van der Waals surface area (Å²) < 4.78 is 3.49. The minimum atomic E-state index is 0.326. The van der Waals surface area contributed by atoms with Gasteiger partial charge in [-0.2, -0.15) is 0 Å². The highest BCUT2D eigenvalue weighted by molar-refractivity contribution is 7.80. The maximum atomic E-state index is 5.02. The third kappa shape index (κ3) is 3.62. The molecule has 20 heavy (non-hydrogen) atoms. The molecular weight excluding hydrogens is 282 g/mol. The van der Waals surface area contributed by atoms with E-state index in [9.17, 15) is 0 Å². The SMILES string of the molecule is Cc1cc(C(C)C=S)ccc1N[SH+]c1ccccc1C. The Labute approximate surface area is 130 Å². The van der Waals surface area contributed by atoms with Crippen molar-refractivity contribution in [3.63, 3.8) is 0 Å². The lowest BCUT2D eigenvalue weighted by molar-refractivity contribution is 1.06. The monoisotopic (exact) mass is 302 g/mol. The number of aryl methyl sites for hydroxylation is 2. The lowest BCUT2D eigenvalue weighted by atomic mass is 10.0. The summed E-state index contributed by atoms with van der Waals surface area (Å²) in [6.45, 7) is 6.40. The second kappa shape index (κ2) is 6.91. The Morgan fingerprint density at radius 3 is 2.50 bits per heavy atom. The van der Waals surface area contributed by atoms with Crippen LogP contribution in [0.25, 0.3) is 0 Å². The van der Waals surface area contributed by atoms with E-state index in [2.05, 4.69) is 68.0 Å². The third-order valence-corrected chi connectivity index (χ3v) is 4.90. The zero-order valence-corrected chi connectivity index (χ0v) is 13.8. The number of thiol groups is 1. The molecular formula is C17H20NS2+. The molecule has 0 aliphatic rings. The van der Waals surface area contributed by atoms with Gasteiger partial charge in [-0.3, -0.25) is 0 Å². The van der Waals surface area contributed by atoms with Gasteiger partial charge in [-0.05, 0) is 42.5 Å². The van der Waals surface area contributed by atoms with Gasteiger partial charge >= 0.3 is 0 Å². The van der Waals surface area contributed by atoms with Crippen molar-refractivity contribution < 1.29 is 0 Å². The van der Waals surface area contributed by atoms with Crippen molar-refractivity contribution in [2.75, 3.05) is 4.72 Å². The fourth-order valence-electron chi connectivity index (χ4n) is 1.98. The molecule has 0 aromatic heterocycles. The van der Waals surface area contributed by atoms with Gasteiger partial charge in [0.05, 0.1) is 5.69 Å². The highest BCUT2D eigenvalue weighted by Crippen LogP contribution is 2.22. The van der Waals surface area contributed by atoms with Gasteiger partial charge in [0, 0.05) is 11.5 Å². The van der Waals surface area contributed by atoms with Gasteiger partial charge in [0.15, 0.2) is 4.90 Å². The molecule has 0 spiro atoms. The van der Waals surface area contributed by atoms with E-state index in [0.717, 1.165) is 11.9 Å². The summed E-state index contributed by atoms with van der Waals surface area (Å²) in [7, 11) is 0. The Balaban J connectivity index is 2.11. The molecule has 1 atom stereocenters. The summed E-state index contributed by atoms with van der Waals surface area (Å²) in [6, 6.07) is 14.9.